The van der Waals surface area contributed by atoms with Gasteiger partial charge in [0.05, 0.1) is 21.3 Å². The molecule has 0 radical (unpaired) electrons. The summed E-state index contributed by atoms with van der Waals surface area (Å²) < 4.78 is 42.8. The lowest BCUT2D eigenvalue weighted by atomic mass is 10.2. The maximum Gasteiger partial charge on any atom is 0.244 e. The molecule has 1 N–H and O–H groups in total. The molecule has 0 aromatic heterocycles. The second kappa shape index (κ2) is 7.34. The summed E-state index contributed by atoms with van der Waals surface area (Å²) in [5, 5.41) is 0. The van der Waals surface area contributed by atoms with Crippen LogP contribution in [0.3, 0.4) is 0 Å². The molecule has 2 aromatic rings. The van der Waals surface area contributed by atoms with E-state index in [1.54, 1.807) is 43.5 Å². The van der Waals surface area contributed by atoms with Gasteiger partial charge in [0.15, 0.2) is 11.5 Å². The molecule has 0 saturated heterocycles. The molecule has 0 unspecified atom stereocenters. The average Bonchev–Trinajstić information content (AvgIpc) is 2.59. The third kappa shape index (κ3) is 3.94. The Hall–Kier alpha value is -2.25. The van der Waals surface area contributed by atoms with Crippen molar-refractivity contribution in [1.29, 1.82) is 0 Å². The molecule has 0 spiro atoms. The van der Waals surface area contributed by atoms with Gasteiger partial charge in [-0.25, -0.2) is 13.1 Å². The number of methoxy groups -OCH3 is 3. The van der Waals surface area contributed by atoms with Crippen LogP contribution in [0, 0.1) is 0 Å². The van der Waals surface area contributed by atoms with Gasteiger partial charge < -0.3 is 14.2 Å². The Labute approximate surface area is 136 Å². The van der Waals surface area contributed by atoms with Crippen LogP contribution in [-0.2, 0) is 16.6 Å². The highest BCUT2D eigenvalue weighted by Crippen LogP contribution is 2.28. The average molecular weight is 337 g/mol. The van der Waals surface area contributed by atoms with Gasteiger partial charge in [0.1, 0.15) is 10.6 Å². The van der Waals surface area contributed by atoms with E-state index in [-0.39, 0.29) is 11.4 Å². The molecule has 0 aliphatic carbocycles. The quantitative estimate of drug-likeness (QED) is 0.838. The van der Waals surface area contributed by atoms with Crippen molar-refractivity contribution in [1.82, 2.24) is 4.72 Å². The normalized spacial score (nSPS) is 11.1. The van der Waals surface area contributed by atoms with E-state index in [2.05, 4.69) is 4.72 Å². The van der Waals surface area contributed by atoms with Crippen LogP contribution >= 0.6 is 0 Å². The molecule has 2 rings (SSSR count). The van der Waals surface area contributed by atoms with Crippen LogP contribution in [0.2, 0.25) is 0 Å². The van der Waals surface area contributed by atoms with E-state index in [4.69, 9.17) is 14.2 Å². The summed E-state index contributed by atoms with van der Waals surface area (Å²) in [6.07, 6.45) is 0. The van der Waals surface area contributed by atoms with Gasteiger partial charge in [-0.05, 0) is 29.8 Å². The third-order valence-corrected chi connectivity index (χ3v) is 4.71. The minimum atomic E-state index is -3.68. The van der Waals surface area contributed by atoms with Crippen molar-refractivity contribution in [3.8, 4) is 17.2 Å². The van der Waals surface area contributed by atoms with Crippen molar-refractivity contribution in [2.45, 2.75) is 11.4 Å². The van der Waals surface area contributed by atoms with Gasteiger partial charge in [0.2, 0.25) is 10.0 Å². The van der Waals surface area contributed by atoms with E-state index in [9.17, 15) is 8.42 Å². The van der Waals surface area contributed by atoms with Crippen molar-refractivity contribution < 1.29 is 22.6 Å². The van der Waals surface area contributed by atoms with Crippen molar-refractivity contribution in [2.24, 2.45) is 0 Å². The first kappa shape index (κ1) is 17.1. The van der Waals surface area contributed by atoms with Crippen LogP contribution < -0.4 is 18.9 Å². The number of nitrogens with one attached hydrogen (secondary N) is 1. The number of hydrogen-bond donors (Lipinski definition) is 1. The van der Waals surface area contributed by atoms with Crippen LogP contribution in [0.4, 0.5) is 0 Å². The van der Waals surface area contributed by atoms with E-state index >= 15 is 0 Å². The smallest absolute Gasteiger partial charge is 0.244 e. The molecule has 6 nitrogen and oxygen atoms in total. The second-order valence-corrected chi connectivity index (χ2v) is 6.40. The molecule has 0 heterocycles. The topological polar surface area (TPSA) is 73.9 Å². The number of ether oxygens (including phenoxy) is 3. The summed E-state index contributed by atoms with van der Waals surface area (Å²) in [5.74, 6) is 1.43. The fraction of sp³-hybridized carbons (Fsp3) is 0.250. The second-order valence-electron chi connectivity index (χ2n) is 4.66. The van der Waals surface area contributed by atoms with Gasteiger partial charge in [-0.1, -0.05) is 18.2 Å². The van der Waals surface area contributed by atoms with E-state index in [0.717, 1.165) is 5.56 Å². The zero-order chi connectivity index (χ0) is 16.9. The number of hydrogen-bond acceptors (Lipinski definition) is 5. The zero-order valence-electron chi connectivity index (χ0n) is 13.2. The lowest BCUT2D eigenvalue weighted by Crippen LogP contribution is -2.23. The molecule has 0 saturated carbocycles. The number of rotatable bonds is 7. The lowest BCUT2D eigenvalue weighted by molar-refractivity contribution is 0.354. The highest BCUT2D eigenvalue weighted by molar-refractivity contribution is 7.89. The maximum absolute atomic E-state index is 12.4. The zero-order valence-corrected chi connectivity index (χ0v) is 14.0. The monoisotopic (exact) mass is 337 g/mol. The molecule has 0 aliphatic heterocycles. The van der Waals surface area contributed by atoms with Gasteiger partial charge in [-0.3, -0.25) is 0 Å². The van der Waals surface area contributed by atoms with E-state index in [1.165, 1.54) is 20.3 Å². The summed E-state index contributed by atoms with van der Waals surface area (Å²) in [5.41, 5.74) is 0.751. The Balaban J connectivity index is 2.19. The van der Waals surface area contributed by atoms with Crippen LogP contribution in [0.25, 0.3) is 0 Å². The number of benzene rings is 2. The van der Waals surface area contributed by atoms with Crippen molar-refractivity contribution in [3.63, 3.8) is 0 Å². The largest absolute Gasteiger partial charge is 0.495 e. The SMILES string of the molecule is COc1ccc(CNS(=O)(=O)c2ccccc2OC)cc1OC. The van der Waals surface area contributed by atoms with Crippen molar-refractivity contribution in [2.75, 3.05) is 21.3 Å². The summed E-state index contributed by atoms with van der Waals surface area (Å²) >= 11 is 0. The van der Waals surface area contributed by atoms with Crippen LogP contribution in [0.15, 0.2) is 47.4 Å². The maximum atomic E-state index is 12.4. The summed E-state index contributed by atoms with van der Waals surface area (Å²) in [7, 11) is 0.822. The Morgan fingerprint density at radius 1 is 0.870 bits per heavy atom. The molecule has 124 valence electrons. The van der Waals surface area contributed by atoms with Crippen molar-refractivity contribution >= 4 is 10.0 Å². The van der Waals surface area contributed by atoms with E-state index in [1.807, 2.05) is 0 Å². The number of para-hydroxylation sites is 1. The highest BCUT2D eigenvalue weighted by atomic mass is 32.2. The summed E-state index contributed by atoms with van der Waals surface area (Å²) in [6, 6.07) is 11.7. The molecule has 0 amide bonds. The summed E-state index contributed by atoms with van der Waals surface area (Å²) in [4.78, 5) is 0.1000. The molecule has 2 aromatic carbocycles. The standard InChI is InChI=1S/C16H19NO5S/c1-20-13-9-8-12(10-15(13)22-3)11-17-23(18,19)16-7-5-4-6-14(16)21-2/h4-10,17H,11H2,1-3H3. The molecule has 0 atom stereocenters. The lowest BCUT2D eigenvalue weighted by Gasteiger charge is -2.12. The first-order valence-electron chi connectivity index (χ1n) is 6.85. The van der Waals surface area contributed by atoms with Crippen LogP contribution in [-0.4, -0.2) is 29.7 Å². The van der Waals surface area contributed by atoms with E-state index < -0.39 is 10.0 Å². The highest BCUT2D eigenvalue weighted by Gasteiger charge is 2.18. The molecular weight excluding hydrogens is 318 g/mol. The van der Waals surface area contributed by atoms with Crippen molar-refractivity contribution in [3.05, 3.63) is 48.0 Å². The Morgan fingerprint density at radius 2 is 1.52 bits per heavy atom. The predicted molar refractivity (Wildman–Crippen MR) is 86.6 cm³/mol. The van der Waals surface area contributed by atoms with Gasteiger partial charge >= 0.3 is 0 Å². The third-order valence-electron chi connectivity index (χ3n) is 3.27. The Bertz CT molecular complexity index is 774. The van der Waals surface area contributed by atoms with Crippen LogP contribution in [0.5, 0.6) is 17.2 Å². The minimum Gasteiger partial charge on any atom is -0.495 e. The Morgan fingerprint density at radius 3 is 2.17 bits per heavy atom. The molecule has 0 fully saturated rings. The van der Waals surface area contributed by atoms with Crippen LogP contribution in [0.1, 0.15) is 5.56 Å². The summed E-state index contributed by atoms with van der Waals surface area (Å²) in [6.45, 7) is 0.126. The first-order chi connectivity index (χ1) is 11.0. The minimum absolute atomic E-state index is 0.1000. The first-order valence-corrected chi connectivity index (χ1v) is 8.33. The molecule has 0 aliphatic rings. The van der Waals surface area contributed by atoms with Gasteiger partial charge in [0, 0.05) is 6.54 Å². The van der Waals surface area contributed by atoms with E-state index in [0.29, 0.717) is 17.2 Å². The fourth-order valence-electron chi connectivity index (χ4n) is 2.09. The predicted octanol–water partition coefficient (Wildman–Crippen LogP) is 2.19. The fourth-order valence-corrected chi connectivity index (χ4v) is 3.27. The Kier molecular flexibility index (Phi) is 5.46. The van der Waals surface area contributed by atoms with Gasteiger partial charge in [-0.15, -0.1) is 0 Å². The molecule has 7 heteroatoms. The molecule has 23 heavy (non-hydrogen) atoms. The van der Waals surface area contributed by atoms with Gasteiger partial charge in [-0.2, -0.15) is 0 Å². The molecular formula is C16H19NO5S. The number of sulfonamides is 1. The molecule has 0 bridgehead atoms. The van der Waals surface area contributed by atoms with Gasteiger partial charge in [0.25, 0.3) is 0 Å².